The highest BCUT2D eigenvalue weighted by atomic mass is 19.1. The maximum atomic E-state index is 13.1. The van der Waals surface area contributed by atoms with Gasteiger partial charge >= 0.3 is 6.09 Å². The van der Waals surface area contributed by atoms with Gasteiger partial charge < -0.3 is 15.4 Å². The molecule has 1 amide bonds. The summed E-state index contributed by atoms with van der Waals surface area (Å²) in [7, 11) is 0. The van der Waals surface area contributed by atoms with E-state index in [9.17, 15) is 9.18 Å². The quantitative estimate of drug-likeness (QED) is 0.893. The molecule has 0 heterocycles. The normalized spacial score (nSPS) is 20.7. The lowest BCUT2D eigenvalue weighted by molar-refractivity contribution is 0.0505. The number of hydrogen-bond donors (Lipinski definition) is 2. The number of nitriles is 1. The lowest BCUT2D eigenvalue weighted by Gasteiger charge is -2.22. The summed E-state index contributed by atoms with van der Waals surface area (Å²) in [5.74, 6) is -0.428. The number of carbonyl (C=O) groups is 1. The SMILES string of the molecule is CC(C)(C)OC(=O)NC1CCC(Nc2ccc(F)cc2C#N)C1. The summed E-state index contributed by atoms with van der Waals surface area (Å²) in [5, 5.41) is 15.2. The molecule has 124 valence electrons. The highest BCUT2D eigenvalue weighted by Gasteiger charge is 2.28. The fraction of sp³-hybridized carbons (Fsp3) is 0.529. The van der Waals surface area contributed by atoms with Crippen molar-refractivity contribution in [2.75, 3.05) is 5.32 Å². The number of carbonyl (C=O) groups excluding carboxylic acids is 1. The molecule has 1 fully saturated rings. The minimum absolute atomic E-state index is 0.0355. The number of hydrogen-bond acceptors (Lipinski definition) is 4. The van der Waals surface area contributed by atoms with Crippen LogP contribution in [-0.2, 0) is 4.74 Å². The zero-order valence-corrected chi connectivity index (χ0v) is 13.6. The Labute approximate surface area is 135 Å². The predicted octanol–water partition coefficient (Wildman–Crippen LogP) is 3.56. The van der Waals surface area contributed by atoms with Crippen LogP contribution in [0.15, 0.2) is 18.2 Å². The van der Waals surface area contributed by atoms with Gasteiger partial charge in [-0.25, -0.2) is 9.18 Å². The van der Waals surface area contributed by atoms with Gasteiger partial charge in [-0.15, -0.1) is 0 Å². The third-order valence-electron chi connectivity index (χ3n) is 3.62. The van der Waals surface area contributed by atoms with Gasteiger partial charge in [-0.2, -0.15) is 5.26 Å². The third-order valence-corrected chi connectivity index (χ3v) is 3.62. The van der Waals surface area contributed by atoms with Gasteiger partial charge in [0.1, 0.15) is 17.5 Å². The van der Waals surface area contributed by atoms with Crippen molar-refractivity contribution in [3.05, 3.63) is 29.6 Å². The number of rotatable bonds is 3. The first-order valence-electron chi connectivity index (χ1n) is 7.72. The van der Waals surface area contributed by atoms with Crippen LogP contribution < -0.4 is 10.6 Å². The molecule has 5 nitrogen and oxygen atoms in total. The first-order chi connectivity index (χ1) is 10.8. The molecule has 0 spiro atoms. The average Bonchev–Trinajstić information content (AvgIpc) is 2.85. The largest absolute Gasteiger partial charge is 0.444 e. The lowest BCUT2D eigenvalue weighted by Crippen LogP contribution is -2.38. The predicted molar refractivity (Wildman–Crippen MR) is 85.5 cm³/mol. The van der Waals surface area contributed by atoms with Crippen molar-refractivity contribution < 1.29 is 13.9 Å². The van der Waals surface area contributed by atoms with Gasteiger partial charge in [0.25, 0.3) is 0 Å². The smallest absolute Gasteiger partial charge is 0.407 e. The summed E-state index contributed by atoms with van der Waals surface area (Å²) in [6.45, 7) is 5.47. The molecule has 1 aliphatic rings. The molecule has 2 N–H and O–H groups in total. The molecule has 0 saturated heterocycles. The van der Waals surface area contributed by atoms with Gasteiger partial charge in [0.2, 0.25) is 0 Å². The maximum Gasteiger partial charge on any atom is 0.407 e. The van der Waals surface area contributed by atoms with E-state index in [0.29, 0.717) is 5.69 Å². The van der Waals surface area contributed by atoms with Gasteiger partial charge in [0.05, 0.1) is 11.3 Å². The molecule has 0 aromatic heterocycles. The van der Waals surface area contributed by atoms with Gasteiger partial charge in [0, 0.05) is 12.1 Å². The molecule has 6 heteroatoms. The number of halogens is 1. The van der Waals surface area contributed by atoms with Crippen LogP contribution in [0.5, 0.6) is 0 Å². The Morgan fingerprint density at radius 2 is 2.04 bits per heavy atom. The Kier molecular flexibility index (Phi) is 5.09. The van der Waals surface area contributed by atoms with Gasteiger partial charge in [-0.3, -0.25) is 0 Å². The monoisotopic (exact) mass is 319 g/mol. The molecule has 2 unspecified atom stereocenters. The molecular formula is C17H22FN3O2. The molecule has 2 rings (SSSR count). The van der Waals surface area contributed by atoms with Gasteiger partial charge in [0.15, 0.2) is 0 Å². The second-order valence-electron chi connectivity index (χ2n) is 6.80. The summed E-state index contributed by atoms with van der Waals surface area (Å²) < 4.78 is 18.4. The van der Waals surface area contributed by atoms with Crippen LogP contribution in [0.2, 0.25) is 0 Å². The van der Waals surface area contributed by atoms with Crippen molar-refractivity contribution in [3.63, 3.8) is 0 Å². The molecule has 0 aliphatic heterocycles. The number of anilines is 1. The van der Waals surface area contributed by atoms with Crippen LogP contribution in [0.1, 0.15) is 45.6 Å². The molecular weight excluding hydrogens is 297 g/mol. The minimum atomic E-state index is -0.518. The van der Waals surface area contributed by atoms with E-state index < -0.39 is 17.5 Å². The molecule has 23 heavy (non-hydrogen) atoms. The second kappa shape index (κ2) is 6.86. The highest BCUT2D eigenvalue weighted by Crippen LogP contribution is 2.25. The molecule has 1 aliphatic carbocycles. The first kappa shape index (κ1) is 17.1. The number of alkyl carbamates (subject to hydrolysis) is 1. The molecule has 1 aromatic rings. The van der Waals surface area contributed by atoms with Gasteiger partial charge in [-0.05, 0) is 58.2 Å². The van der Waals surface area contributed by atoms with Crippen LogP contribution >= 0.6 is 0 Å². The van der Waals surface area contributed by atoms with Crippen molar-refractivity contribution in [2.45, 2.75) is 57.7 Å². The molecule has 2 atom stereocenters. The number of ether oxygens (including phenoxy) is 1. The van der Waals surface area contributed by atoms with E-state index in [1.165, 1.54) is 12.1 Å². The first-order valence-corrected chi connectivity index (χ1v) is 7.72. The van der Waals surface area contributed by atoms with Crippen molar-refractivity contribution in [3.8, 4) is 6.07 Å². The fourth-order valence-corrected chi connectivity index (χ4v) is 2.67. The van der Waals surface area contributed by atoms with E-state index >= 15 is 0 Å². The highest BCUT2D eigenvalue weighted by molar-refractivity contribution is 5.68. The topological polar surface area (TPSA) is 74.2 Å². The third kappa shape index (κ3) is 5.13. The summed E-state index contributed by atoms with van der Waals surface area (Å²) >= 11 is 0. The Hall–Kier alpha value is -2.29. The Morgan fingerprint density at radius 3 is 2.70 bits per heavy atom. The maximum absolute atomic E-state index is 13.1. The van der Waals surface area contributed by atoms with E-state index in [0.717, 1.165) is 19.3 Å². The van der Waals surface area contributed by atoms with Crippen molar-refractivity contribution in [1.82, 2.24) is 5.32 Å². The standard InChI is InChI=1S/C17H22FN3O2/c1-17(2,3)23-16(22)21-14-6-5-13(9-14)20-15-7-4-12(18)8-11(15)10-19/h4,7-8,13-14,20H,5-6,9H2,1-3H3,(H,21,22). The lowest BCUT2D eigenvalue weighted by atomic mass is 10.1. The number of nitrogens with one attached hydrogen (secondary N) is 2. The Morgan fingerprint density at radius 1 is 1.35 bits per heavy atom. The Bertz CT molecular complexity index is 619. The van der Waals surface area contributed by atoms with Crippen LogP contribution in [-0.4, -0.2) is 23.8 Å². The van der Waals surface area contributed by atoms with Crippen LogP contribution in [0, 0.1) is 17.1 Å². The van der Waals surface area contributed by atoms with Crippen LogP contribution in [0.25, 0.3) is 0 Å². The van der Waals surface area contributed by atoms with E-state index in [4.69, 9.17) is 10.00 Å². The van der Waals surface area contributed by atoms with Crippen molar-refractivity contribution >= 4 is 11.8 Å². The number of nitrogens with zero attached hydrogens (tertiary/aromatic N) is 1. The average molecular weight is 319 g/mol. The molecule has 1 aromatic carbocycles. The second-order valence-corrected chi connectivity index (χ2v) is 6.80. The van der Waals surface area contributed by atoms with E-state index in [2.05, 4.69) is 10.6 Å². The zero-order chi connectivity index (χ0) is 17.0. The van der Waals surface area contributed by atoms with Crippen molar-refractivity contribution in [1.29, 1.82) is 5.26 Å². The van der Waals surface area contributed by atoms with E-state index in [-0.39, 0.29) is 17.6 Å². The Balaban J connectivity index is 1.89. The van der Waals surface area contributed by atoms with Crippen LogP contribution in [0.4, 0.5) is 14.9 Å². The zero-order valence-electron chi connectivity index (χ0n) is 13.6. The summed E-state index contributed by atoms with van der Waals surface area (Å²) in [6.07, 6.45) is 2.02. The van der Waals surface area contributed by atoms with Crippen LogP contribution in [0.3, 0.4) is 0 Å². The summed E-state index contributed by atoms with van der Waals surface area (Å²) in [4.78, 5) is 11.8. The van der Waals surface area contributed by atoms with E-state index in [1.54, 1.807) is 6.07 Å². The van der Waals surface area contributed by atoms with Crippen molar-refractivity contribution in [2.24, 2.45) is 0 Å². The number of amides is 1. The summed E-state index contributed by atoms with van der Waals surface area (Å²) in [6, 6.07) is 6.27. The van der Waals surface area contributed by atoms with Gasteiger partial charge in [-0.1, -0.05) is 0 Å². The molecule has 0 radical (unpaired) electrons. The van der Waals surface area contributed by atoms with E-state index in [1.807, 2.05) is 26.8 Å². The fourth-order valence-electron chi connectivity index (χ4n) is 2.67. The molecule has 0 bridgehead atoms. The minimum Gasteiger partial charge on any atom is -0.444 e. The summed E-state index contributed by atoms with van der Waals surface area (Å²) in [5.41, 5.74) is 0.390. The number of benzene rings is 1. The molecule has 1 saturated carbocycles.